The predicted octanol–water partition coefficient (Wildman–Crippen LogP) is 3.67. The van der Waals surface area contributed by atoms with Crippen molar-refractivity contribution in [1.29, 1.82) is 0 Å². The van der Waals surface area contributed by atoms with E-state index in [1.54, 1.807) is 25.6 Å². The Hall–Kier alpha value is -1.23. The minimum absolute atomic E-state index is 0.0248. The normalized spacial score (nSPS) is 15.4. The number of aromatic nitrogens is 1. The van der Waals surface area contributed by atoms with Crippen molar-refractivity contribution in [3.05, 3.63) is 22.5 Å². The van der Waals surface area contributed by atoms with Gasteiger partial charge >= 0.3 is 5.97 Å². The third-order valence-electron chi connectivity index (χ3n) is 3.89. The number of rotatable bonds is 6. The number of ketones is 1. The second-order valence-electron chi connectivity index (χ2n) is 5.49. The van der Waals surface area contributed by atoms with Crippen molar-refractivity contribution in [2.24, 2.45) is 0 Å². The van der Waals surface area contributed by atoms with Crippen LogP contribution in [0.3, 0.4) is 0 Å². The summed E-state index contributed by atoms with van der Waals surface area (Å²) < 4.78 is 5.07. The Morgan fingerprint density at radius 1 is 1.19 bits per heavy atom. The van der Waals surface area contributed by atoms with Gasteiger partial charge < -0.3 is 9.72 Å². The zero-order valence-corrected chi connectivity index (χ0v) is 13.8. The Balaban J connectivity index is 2.13. The SMILES string of the molecule is CCOC(=O)c1c(C)[nH]c(C)c1C(=O)CSC1CCCC1. The van der Waals surface area contributed by atoms with E-state index in [2.05, 4.69) is 4.98 Å². The second kappa shape index (κ2) is 7.16. The highest BCUT2D eigenvalue weighted by Crippen LogP contribution is 2.30. The van der Waals surface area contributed by atoms with Crippen LogP contribution in [0.15, 0.2) is 0 Å². The van der Waals surface area contributed by atoms with Crippen LogP contribution >= 0.6 is 11.8 Å². The van der Waals surface area contributed by atoms with Gasteiger partial charge in [-0.1, -0.05) is 12.8 Å². The quantitative estimate of drug-likeness (QED) is 0.643. The van der Waals surface area contributed by atoms with Crippen molar-refractivity contribution in [1.82, 2.24) is 4.98 Å². The van der Waals surface area contributed by atoms with Gasteiger partial charge in [0.25, 0.3) is 0 Å². The van der Waals surface area contributed by atoms with Crippen molar-refractivity contribution in [3.8, 4) is 0 Å². The molecule has 0 spiro atoms. The van der Waals surface area contributed by atoms with E-state index in [0.29, 0.717) is 34.4 Å². The van der Waals surface area contributed by atoms with Gasteiger partial charge in [0.15, 0.2) is 5.78 Å². The summed E-state index contributed by atoms with van der Waals surface area (Å²) in [5.41, 5.74) is 2.38. The lowest BCUT2D eigenvalue weighted by molar-refractivity contribution is 0.0522. The summed E-state index contributed by atoms with van der Waals surface area (Å²) in [6.45, 7) is 5.72. The minimum Gasteiger partial charge on any atom is -0.462 e. The van der Waals surface area contributed by atoms with E-state index >= 15 is 0 Å². The van der Waals surface area contributed by atoms with Gasteiger partial charge in [-0.05, 0) is 33.6 Å². The van der Waals surface area contributed by atoms with Crippen molar-refractivity contribution in [3.63, 3.8) is 0 Å². The maximum Gasteiger partial charge on any atom is 0.340 e. The van der Waals surface area contributed by atoms with Crippen molar-refractivity contribution >= 4 is 23.5 Å². The zero-order valence-electron chi connectivity index (χ0n) is 13.0. The molecule has 0 unspecified atom stereocenters. The number of nitrogens with one attached hydrogen (secondary N) is 1. The molecule has 116 valence electrons. The molecule has 21 heavy (non-hydrogen) atoms. The molecule has 0 bridgehead atoms. The van der Waals surface area contributed by atoms with Gasteiger partial charge in [-0.2, -0.15) is 11.8 Å². The molecule has 1 aliphatic carbocycles. The highest BCUT2D eigenvalue weighted by Gasteiger charge is 2.26. The molecule has 0 saturated heterocycles. The molecule has 2 rings (SSSR count). The molecule has 1 aromatic rings. The van der Waals surface area contributed by atoms with Gasteiger partial charge in [-0.25, -0.2) is 4.79 Å². The summed E-state index contributed by atoms with van der Waals surface area (Å²) in [7, 11) is 0. The molecule has 1 saturated carbocycles. The lowest BCUT2D eigenvalue weighted by atomic mass is 10.1. The molecule has 0 aliphatic heterocycles. The highest BCUT2D eigenvalue weighted by atomic mass is 32.2. The fourth-order valence-electron chi connectivity index (χ4n) is 2.91. The largest absolute Gasteiger partial charge is 0.462 e. The van der Waals surface area contributed by atoms with Crippen LogP contribution < -0.4 is 0 Å². The first-order valence-corrected chi connectivity index (χ1v) is 8.60. The summed E-state index contributed by atoms with van der Waals surface area (Å²) in [6.07, 6.45) is 4.94. The smallest absolute Gasteiger partial charge is 0.340 e. The number of H-pyrrole nitrogens is 1. The Morgan fingerprint density at radius 3 is 2.43 bits per heavy atom. The van der Waals surface area contributed by atoms with Crippen LogP contribution in [0.1, 0.15) is 64.7 Å². The number of hydrogen-bond donors (Lipinski definition) is 1. The maximum absolute atomic E-state index is 12.5. The van der Waals surface area contributed by atoms with Crippen molar-refractivity contribution in [2.45, 2.75) is 51.7 Å². The van der Waals surface area contributed by atoms with E-state index in [-0.39, 0.29) is 5.78 Å². The predicted molar refractivity (Wildman–Crippen MR) is 85.3 cm³/mol. The second-order valence-corrected chi connectivity index (χ2v) is 6.77. The molecule has 1 heterocycles. The topological polar surface area (TPSA) is 59.2 Å². The number of carbonyl (C=O) groups excluding carboxylic acids is 2. The Kier molecular flexibility index (Phi) is 5.51. The number of aryl methyl sites for hydroxylation is 2. The number of thioether (sulfide) groups is 1. The first kappa shape index (κ1) is 16.1. The molecule has 0 radical (unpaired) electrons. The maximum atomic E-state index is 12.5. The first-order valence-electron chi connectivity index (χ1n) is 7.55. The monoisotopic (exact) mass is 309 g/mol. The van der Waals surface area contributed by atoms with Crippen LogP contribution in [-0.4, -0.2) is 34.3 Å². The standard InChI is InChI=1S/C16H23NO3S/c1-4-20-16(19)15-11(3)17-10(2)14(15)13(18)9-21-12-7-5-6-8-12/h12,17H,4-9H2,1-3H3. The Morgan fingerprint density at radius 2 is 1.81 bits per heavy atom. The molecule has 4 nitrogen and oxygen atoms in total. The summed E-state index contributed by atoms with van der Waals surface area (Å²) in [5, 5.41) is 0.598. The van der Waals surface area contributed by atoms with E-state index in [4.69, 9.17) is 4.74 Å². The van der Waals surface area contributed by atoms with E-state index in [0.717, 1.165) is 5.69 Å². The van der Waals surface area contributed by atoms with Crippen LogP contribution in [-0.2, 0) is 4.74 Å². The number of esters is 1. The van der Waals surface area contributed by atoms with E-state index < -0.39 is 5.97 Å². The van der Waals surface area contributed by atoms with Crippen LogP contribution in [0.5, 0.6) is 0 Å². The van der Waals surface area contributed by atoms with Crippen LogP contribution in [0.25, 0.3) is 0 Å². The zero-order chi connectivity index (χ0) is 15.4. The molecular formula is C16H23NO3S. The lowest BCUT2D eigenvalue weighted by Crippen LogP contribution is -2.14. The van der Waals surface area contributed by atoms with Crippen LogP contribution in [0.4, 0.5) is 0 Å². The molecule has 1 aromatic heterocycles. The van der Waals surface area contributed by atoms with Gasteiger partial charge in [0.2, 0.25) is 0 Å². The number of hydrogen-bond acceptors (Lipinski definition) is 4. The van der Waals surface area contributed by atoms with Crippen LogP contribution in [0.2, 0.25) is 0 Å². The molecular weight excluding hydrogens is 286 g/mol. The number of Topliss-reactive ketones (excluding diaryl/α,β-unsaturated/α-hetero) is 1. The molecule has 1 N–H and O–H groups in total. The number of carbonyl (C=O) groups is 2. The third kappa shape index (κ3) is 3.70. The lowest BCUT2D eigenvalue weighted by Gasteiger charge is -2.09. The Labute approximate surface area is 130 Å². The first-order chi connectivity index (χ1) is 10.0. The van der Waals surface area contributed by atoms with Crippen molar-refractivity contribution < 1.29 is 14.3 Å². The number of aromatic amines is 1. The minimum atomic E-state index is -0.409. The van der Waals surface area contributed by atoms with E-state index in [9.17, 15) is 9.59 Å². The van der Waals surface area contributed by atoms with Gasteiger partial charge in [0.1, 0.15) is 0 Å². The molecule has 1 fully saturated rings. The third-order valence-corrected chi connectivity index (χ3v) is 5.26. The summed E-state index contributed by atoms with van der Waals surface area (Å²) in [5.74, 6) is 0.0558. The van der Waals surface area contributed by atoms with Crippen molar-refractivity contribution in [2.75, 3.05) is 12.4 Å². The van der Waals surface area contributed by atoms with E-state index in [1.165, 1.54) is 25.7 Å². The molecule has 0 atom stereocenters. The van der Waals surface area contributed by atoms with Gasteiger partial charge in [-0.3, -0.25) is 4.79 Å². The molecule has 5 heteroatoms. The summed E-state index contributed by atoms with van der Waals surface area (Å²) >= 11 is 1.72. The fourth-order valence-corrected chi connectivity index (χ4v) is 4.11. The molecule has 0 aromatic carbocycles. The summed E-state index contributed by atoms with van der Waals surface area (Å²) in [6, 6.07) is 0. The summed E-state index contributed by atoms with van der Waals surface area (Å²) in [4.78, 5) is 27.7. The number of ether oxygens (including phenoxy) is 1. The Bertz CT molecular complexity index is 530. The average Bonchev–Trinajstić information content (AvgIpc) is 3.03. The fraction of sp³-hybridized carbons (Fsp3) is 0.625. The molecule has 0 amide bonds. The average molecular weight is 309 g/mol. The van der Waals surface area contributed by atoms with Gasteiger partial charge in [0.05, 0.1) is 23.5 Å². The van der Waals surface area contributed by atoms with Crippen LogP contribution in [0, 0.1) is 13.8 Å². The van der Waals surface area contributed by atoms with Gasteiger partial charge in [0, 0.05) is 16.6 Å². The molecule has 1 aliphatic rings. The van der Waals surface area contributed by atoms with Gasteiger partial charge in [-0.15, -0.1) is 0 Å². The highest BCUT2D eigenvalue weighted by molar-refractivity contribution is 8.00. The van der Waals surface area contributed by atoms with E-state index in [1.807, 2.05) is 6.92 Å².